The Kier molecular flexibility index (Phi) is 7.59. The third-order valence-corrected chi connectivity index (χ3v) is 4.69. The van der Waals surface area contributed by atoms with E-state index in [1.807, 2.05) is 57.2 Å². The van der Waals surface area contributed by atoms with Gasteiger partial charge in [-0.05, 0) is 62.8 Å². The number of carbonyl (C=O) groups is 2. The highest BCUT2D eigenvalue weighted by Gasteiger charge is 2.19. The zero-order valence-electron chi connectivity index (χ0n) is 16.6. The van der Waals surface area contributed by atoms with E-state index in [0.29, 0.717) is 0 Å². The van der Waals surface area contributed by atoms with Gasteiger partial charge in [0, 0.05) is 6.04 Å². The number of ether oxygens (including phenoxy) is 1. The molecule has 2 aromatic rings. The molecule has 0 aromatic heterocycles. The van der Waals surface area contributed by atoms with Gasteiger partial charge in [0.2, 0.25) is 0 Å². The lowest BCUT2D eigenvalue weighted by molar-refractivity contribution is -0.154. The van der Waals surface area contributed by atoms with Gasteiger partial charge < -0.3 is 10.1 Å². The van der Waals surface area contributed by atoms with Crippen LogP contribution in [0, 0.1) is 13.8 Å². The molecule has 0 saturated carbocycles. The Morgan fingerprint density at radius 3 is 2.33 bits per heavy atom. The van der Waals surface area contributed by atoms with Gasteiger partial charge in [0.15, 0.2) is 6.10 Å². The van der Waals surface area contributed by atoms with E-state index in [0.717, 1.165) is 24.0 Å². The molecule has 1 N–H and O–H groups in total. The zero-order valence-corrected chi connectivity index (χ0v) is 16.6. The van der Waals surface area contributed by atoms with Crippen molar-refractivity contribution in [2.75, 3.05) is 0 Å². The van der Waals surface area contributed by atoms with Crippen molar-refractivity contribution >= 4 is 11.9 Å². The summed E-state index contributed by atoms with van der Waals surface area (Å²) in [7, 11) is 0. The van der Waals surface area contributed by atoms with Crippen LogP contribution in [0.3, 0.4) is 0 Å². The highest BCUT2D eigenvalue weighted by Crippen LogP contribution is 2.11. The summed E-state index contributed by atoms with van der Waals surface area (Å²) in [6.07, 6.45) is 1.09. The van der Waals surface area contributed by atoms with Crippen LogP contribution in [0.4, 0.5) is 0 Å². The van der Waals surface area contributed by atoms with Crippen molar-refractivity contribution < 1.29 is 14.3 Å². The fourth-order valence-corrected chi connectivity index (χ4v) is 2.83. The molecule has 144 valence electrons. The van der Waals surface area contributed by atoms with Crippen molar-refractivity contribution in [2.24, 2.45) is 0 Å². The van der Waals surface area contributed by atoms with E-state index in [-0.39, 0.29) is 18.4 Å². The predicted molar refractivity (Wildman–Crippen MR) is 108 cm³/mol. The Labute approximate surface area is 161 Å². The average molecular weight is 367 g/mol. The second-order valence-corrected chi connectivity index (χ2v) is 7.16. The van der Waals surface area contributed by atoms with Crippen molar-refractivity contribution in [3.8, 4) is 0 Å². The van der Waals surface area contributed by atoms with Gasteiger partial charge in [-0.2, -0.15) is 0 Å². The predicted octanol–water partition coefficient (Wildman–Crippen LogP) is 3.92. The molecule has 1 amide bonds. The maximum absolute atomic E-state index is 12.3. The van der Waals surface area contributed by atoms with Gasteiger partial charge in [-0.25, -0.2) is 0 Å². The molecule has 4 heteroatoms. The van der Waals surface area contributed by atoms with E-state index in [9.17, 15) is 9.59 Å². The van der Waals surface area contributed by atoms with E-state index in [2.05, 4.69) is 17.4 Å². The largest absolute Gasteiger partial charge is 0.452 e. The van der Waals surface area contributed by atoms with E-state index in [4.69, 9.17) is 4.74 Å². The summed E-state index contributed by atoms with van der Waals surface area (Å²) in [5, 5.41) is 2.92. The van der Waals surface area contributed by atoms with Crippen LogP contribution in [-0.4, -0.2) is 24.0 Å². The van der Waals surface area contributed by atoms with Crippen LogP contribution in [0.2, 0.25) is 0 Å². The molecular weight excluding hydrogens is 338 g/mol. The number of hydrogen-bond donors (Lipinski definition) is 1. The molecule has 4 nitrogen and oxygen atoms in total. The normalized spacial score (nSPS) is 12.9. The molecule has 0 aliphatic heterocycles. The van der Waals surface area contributed by atoms with Crippen LogP contribution in [0.15, 0.2) is 48.5 Å². The van der Waals surface area contributed by atoms with Crippen LogP contribution in [0.1, 0.15) is 42.5 Å². The molecule has 0 radical (unpaired) electrons. The molecule has 0 aliphatic carbocycles. The second kappa shape index (κ2) is 9.91. The average Bonchev–Trinajstić information content (AvgIpc) is 2.63. The molecule has 27 heavy (non-hydrogen) atoms. The summed E-state index contributed by atoms with van der Waals surface area (Å²) in [6, 6.07) is 16.1. The molecule has 2 atom stereocenters. The summed E-state index contributed by atoms with van der Waals surface area (Å²) in [6.45, 7) is 7.61. The number of carbonyl (C=O) groups excluding carboxylic acids is 2. The minimum Gasteiger partial charge on any atom is -0.452 e. The van der Waals surface area contributed by atoms with Crippen molar-refractivity contribution in [2.45, 2.75) is 59.1 Å². The van der Waals surface area contributed by atoms with Crippen LogP contribution >= 0.6 is 0 Å². The summed E-state index contributed by atoms with van der Waals surface area (Å²) >= 11 is 0. The molecule has 0 saturated heterocycles. The molecule has 0 heterocycles. The molecular formula is C23H29NO3. The van der Waals surface area contributed by atoms with Gasteiger partial charge in [-0.1, -0.05) is 48.5 Å². The molecule has 0 bridgehead atoms. The van der Waals surface area contributed by atoms with E-state index in [1.54, 1.807) is 6.92 Å². The number of amides is 1. The topological polar surface area (TPSA) is 55.4 Å². The Morgan fingerprint density at radius 2 is 1.67 bits per heavy atom. The minimum atomic E-state index is -0.803. The number of hydrogen-bond acceptors (Lipinski definition) is 3. The number of benzene rings is 2. The van der Waals surface area contributed by atoms with E-state index >= 15 is 0 Å². The van der Waals surface area contributed by atoms with Gasteiger partial charge in [0.1, 0.15) is 0 Å². The zero-order chi connectivity index (χ0) is 19.8. The van der Waals surface area contributed by atoms with Gasteiger partial charge >= 0.3 is 5.97 Å². The quantitative estimate of drug-likeness (QED) is 0.720. The van der Waals surface area contributed by atoms with Gasteiger partial charge in [0.25, 0.3) is 5.91 Å². The Morgan fingerprint density at radius 1 is 0.963 bits per heavy atom. The lowest BCUT2D eigenvalue weighted by Crippen LogP contribution is -2.41. The van der Waals surface area contributed by atoms with Crippen molar-refractivity contribution in [1.29, 1.82) is 0 Å². The maximum Gasteiger partial charge on any atom is 0.311 e. The highest BCUT2D eigenvalue weighted by molar-refractivity contribution is 5.84. The SMILES string of the molecule is Cc1ccc(CC(=O)O[C@@H](C)C(=O)N[C@H](C)CCc2ccccc2)cc1C. The first-order valence-electron chi connectivity index (χ1n) is 9.45. The smallest absolute Gasteiger partial charge is 0.311 e. The summed E-state index contributed by atoms with van der Waals surface area (Å²) in [5.74, 6) is -0.651. The standard InChI is InChI=1S/C23H29NO3/c1-16-10-12-21(14-17(16)2)15-22(25)27-19(4)23(26)24-18(3)11-13-20-8-6-5-7-9-20/h5-10,12,14,18-19H,11,13,15H2,1-4H3,(H,24,26)/t18-,19+/m1/s1. The number of rotatable bonds is 8. The molecule has 0 unspecified atom stereocenters. The third kappa shape index (κ3) is 6.89. The van der Waals surface area contributed by atoms with Crippen LogP contribution in [0.5, 0.6) is 0 Å². The lowest BCUT2D eigenvalue weighted by Gasteiger charge is -2.18. The summed E-state index contributed by atoms with van der Waals surface area (Å²) in [4.78, 5) is 24.4. The van der Waals surface area contributed by atoms with Crippen molar-refractivity contribution in [3.05, 3.63) is 70.8 Å². The van der Waals surface area contributed by atoms with Gasteiger partial charge in [-0.15, -0.1) is 0 Å². The number of esters is 1. The van der Waals surface area contributed by atoms with Gasteiger partial charge in [-0.3, -0.25) is 9.59 Å². The molecule has 0 aliphatic rings. The number of nitrogens with one attached hydrogen (secondary N) is 1. The molecule has 2 aromatic carbocycles. The first-order chi connectivity index (χ1) is 12.8. The summed E-state index contributed by atoms with van der Waals surface area (Å²) in [5.41, 5.74) is 4.46. The third-order valence-electron chi connectivity index (χ3n) is 4.69. The van der Waals surface area contributed by atoms with Crippen LogP contribution in [-0.2, 0) is 27.2 Å². The molecule has 2 rings (SSSR count). The fourth-order valence-electron chi connectivity index (χ4n) is 2.83. The Hall–Kier alpha value is -2.62. The van der Waals surface area contributed by atoms with Gasteiger partial charge in [0.05, 0.1) is 6.42 Å². The lowest BCUT2D eigenvalue weighted by atomic mass is 10.0. The highest BCUT2D eigenvalue weighted by atomic mass is 16.5. The first-order valence-corrected chi connectivity index (χ1v) is 9.45. The monoisotopic (exact) mass is 367 g/mol. The second-order valence-electron chi connectivity index (χ2n) is 7.16. The first kappa shape index (κ1) is 20.7. The maximum atomic E-state index is 12.3. The Bertz CT molecular complexity index is 770. The van der Waals surface area contributed by atoms with Crippen LogP contribution in [0.25, 0.3) is 0 Å². The van der Waals surface area contributed by atoms with Crippen molar-refractivity contribution in [1.82, 2.24) is 5.32 Å². The van der Waals surface area contributed by atoms with E-state index in [1.165, 1.54) is 11.1 Å². The molecule has 0 spiro atoms. The van der Waals surface area contributed by atoms with Crippen molar-refractivity contribution in [3.63, 3.8) is 0 Å². The van der Waals surface area contributed by atoms with Crippen LogP contribution < -0.4 is 5.32 Å². The summed E-state index contributed by atoms with van der Waals surface area (Å²) < 4.78 is 5.30. The Balaban J connectivity index is 1.76. The van der Waals surface area contributed by atoms with E-state index < -0.39 is 12.1 Å². The fraction of sp³-hybridized carbons (Fsp3) is 0.391. The minimum absolute atomic E-state index is 0.0126. The number of aryl methyl sites for hydroxylation is 3. The molecule has 0 fully saturated rings.